The summed E-state index contributed by atoms with van der Waals surface area (Å²) in [5, 5.41) is 13.5. The second kappa shape index (κ2) is 7.39. The van der Waals surface area contributed by atoms with Gasteiger partial charge in [0.15, 0.2) is 9.84 Å². The van der Waals surface area contributed by atoms with Crippen molar-refractivity contribution in [3.05, 3.63) is 0 Å². The first-order valence-electron chi connectivity index (χ1n) is 6.69. The van der Waals surface area contributed by atoms with Crippen molar-refractivity contribution in [3.63, 3.8) is 0 Å². The average Bonchev–Trinajstić information content (AvgIpc) is 2.78. The Morgan fingerprint density at radius 3 is 2.29 bits per heavy atom. The van der Waals surface area contributed by atoms with E-state index >= 15 is 0 Å². The Morgan fingerprint density at radius 1 is 1.24 bits per heavy atom. The maximum absolute atomic E-state index is 11.8. The van der Waals surface area contributed by atoms with Crippen molar-refractivity contribution in [1.29, 1.82) is 0 Å². The molecule has 9 heteroatoms. The topological polar surface area (TPSA) is 130 Å². The van der Waals surface area contributed by atoms with Gasteiger partial charge in [0.05, 0.1) is 5.75 Å². The van der Waals surface area contributed by atoms with Crippen molar-refractivity contribution >= 4 is 27.6 Å². The van der Waals surface area contributed by atoms with Crippen LogP contribution in [0.2, 0.25) is 0 Å². The van der Waals surface area contributed by atoms with Gasteiger partial charge in [-0.1, -0.05) is 12.8 Å². The van der Waals surface area contributed by atoms with Crippen LogP contribution in [0, 0.1) is 0 Å². The molecule has 3 N–H and O–H groups in total. The van der Waals surface area contributed by atoms with Crippen molar-refractivity contribution in [2.24, 2.45) is 0 Å². The van der Waals surface area contributed by atoms with E-state index in [0.29, 0.717) is 0 Å². The summed E-state index contributed by atoms with van der Waals surface area (Å²) < 4.78 is 23.7. The van der Waals surface area contributed by atoms with Gasteiger partial charge in [0, 0.05) is 13.0 Å². The van der Waals surface area contributed by atoms with Gasteiger partial charge < -0.3 is 15.7 Å². The average molecular weight is 320 g/mol. The van der Waals surface area contributed by atoms with Crippen LogP contribution in [0.5, 0.6) is 0 Å². The molecular formula is C12H20N2O6S. The fourth-order valence-electron chi connectivity index (χ4n) is 2.27. The zero-order chi connectivity index (χ0) is 16.0. The molecule has 1 rings (SSSR count). The van der Waals surface area contributed by atoms with Crippen LogP contribution in [-0.2, 0) is 24.2 Å². The van der Waals surface area contributed by atoms with Crippen LogP contribution in [-0.4, -0.2) is 54.9 Å². The maximum atomic E-state index is 11.8. The minimum Gasteiger partial charge on any atom is -0.480 e. The van der Waals surface area contributed by atoms with Crippen LogP contribution < -0.4 is 10.6 Å². The molecule has 0 aliphatic heterocycles. The molecule has 0 aromatic rings. The number of carboxylic acids is 1. The molecule has 0 heterocycles. The normalized spacial score (nSPS) is 17.2. The summed E-state index contributed by atoms with van der Waals surface area (Å²) in [7, 11) is -3.92. The third-order valence-corrected chi connectivity index (χ3v) is 4.71. The molecule has 0 spiro atoms. The van der Waals surface area contributed by atoms with Gasteiger partial charge in [-0.2, -0.15) is 0 Å². The second-order valence-electron chi connectivity index (χ2n) is 5.19. The third kappa shape index (κ3) is 6.56. The number of rotatable bonds is 7. The fourth-order valence-corrected chi connectivity index (χ4v) is 3.61. The highest BCUT2D eigenvalue weighted by Gasteiger charge is 2.28. The van der Waals surface area contributed by atoms with E-state index < -0.39 is 45.2 Å². The highest BCUT2D eigenvalue weighted by atomic mass is 32.2. The van der Waals surface area contributed by atoms with E-state index in [1.165, 1.54) is 0 Å². The number of aliphatic carboxylic acids is 1. The number of nitrogens with one attached hydrogen (secondary N) is 2. The van der Waals surface area contributed by atoms with E-state index in [4.69, 9.17) is 5.11 Å². The summed E-state index contributed by atoms with van der Waals surface area (Å²) in [6.07, 6.45) is 3.66. The van der Waals surface area contributed by atoms with Crippen LogP contribution >= 0.6 is 0 Å². The van der Waals surface area contributed by atoms with E-state index in [2.05, 4.69) is 5.32 Å². The van der Waals surface area contributed by atoms with Crippen molar-refractivity contribution < 1.29 is 27.9 Å². The quantitative estimate of drug-likeness (QED) is 0.554. The van der Waals surface area contributed by atoms with Crippen LogP contribution in [0.3, 0.4) is 0 Å². The summed E-state index contributed by atoms with van der Waals surface area (Å²) in [6.45, 7) is 1.09. The van der Waals surface area contributed by atoms with E-state index in [-0.39, 0.29) is 6.04 Å². The van der Waals surface area contributed by atoms with Crippen molar-refractivity contribution in [2.45, 2.75) is 44.7 Å². The Bertz CT molecular complexity index is 510. The number of carbonyl (C=O) groups is 3. The van der Waals surface area contributed by atoms with Crippen molar-refractivity contribution in [1.82, 2.24) is 10.6 Å². The summed E-state index contributed by atoms with van der Waals surface area (Å²) in [4.78, 5) is 33.4. The molecule has 21 heavy (non-hydrogen) atoms. The molecule has 1 aliphatic carbocycles. The van der Waals surface area contributed by atoms with Crippen LogP contribution in [0.1, 0.15) is 32.6 Å². The fraction of sp³-hybridized carbons (Fsp3) is 0.750. The first kappa shape index (κ1) is 17.4. The van der Waals surface area contributed by atoms with Crippen LogP contribution in [0.25, 0.3) is 0 Å². The molecule has 120 valence electrons. The largest absolute Gasteiger partial charge is 0.480 e. The maximum Gasteiger partial charge on any atom is 0.327 e. The van der Waals surface area contributed by atoms with E-state index in [0.717, 1.165) is 32.6 Å². The van der Waals surface area contributed by atoms with E-state index in [1.54, 1.807) is 0 Å². The summed E-state index contributed by atoms with van der Waals surface area (Å²) in [5.74, 6) is -4.31. The molecule has 1 saturated carbocycles. The minimum absolute atomic E-state index is 0.00156. The standard InChI is InChI=1S/C12H20N2O6S/c1-8(15)13-10(12(17)18)6-21(19,20)7-11(16)14-9-4-2-3-5-9/h9-10H,2-7H2,1H3,(H,13,15)(H,14,16)(H,17,18)/t10-/m0/s1. The lowest BCUT2D eigenvalue weighted by atomic mass is 10.2. The lowest BCUT2D eigenvalue weighted by Gasteiger charge is -2.15. The molecule has 0 unspecified atom stereocenters. The smallest absolute Gasteiger partial charge is 0.327 e. The summed E-state index contributed by atoms with van der Waals surface area (Å²) in [5.41, 5.74) is 0. The first-order chi connectivity index (χ1) is 9.69. The molecule has 0 bridgehead atoms. The first-order valence-corrected chi connectivity index (χ1v) is 8.51. The second-order valence-corrected chi connectivity index (χ2v) is 7.30. The number of hydrogen-bond acceptors (Lipinski definition) is 5. The van der Waals surface area contributed by atoms with Crippen LogP contribution in [0.4, 0.5) is 0 Å². The highest BCUT2D eigenvalue weighted by Crippen LogP contribution is 2.17. The molecule has 1 fully saturated rings. The molecule has 8 nitrogen and oxygen atoms in total. The molecule has 2 amide bonds. The van der Waals surface area contributed by atoms with Gasteiger partial charge in [0.25, 0.3) is 0 Å². The molecular weight excluding hydrogens is 300 g/mol. The number of carboxylic acid groups (broad SMARTS) is 1. The molecule has 0 radical (unpaired) electrons. The molecule has 1 aliphatic rings. The van der Waals surface area contributed by atoms with Gasteiger partial charge in [-0.25, -0.2) is 13.2 Å². The predicted octanol–water partition coefficient (Wildman–Crippen LogP) is -0.951. The van der Waals surface area contributed by atoms with Gasteiger partial charge in [0.2, 0.25) is 11.8 Å². The van der Waals surface area contributed by atoms with Gasteiger partial charge in [-0.3, -0.25) is 9.59 Å². The van der Waals surface area contributed by atoms with Gasteiger partial charge in [-0.15, -0.1) is 0 Å². The Morgan fingerprint density at radius 2 is 1.81 bits per heavy atom. The zero-order valence-electron chi connectivity index (χ0n) is 11.8. The Hall–Kier alpha value is -1.64. The van der Waals surface area contributed by atoms with E-state index in [1.807, 2.05) is 5.32 Å². The highest BCUT2D eigenvalue weighted by molar-refractivity contribution is 7.92. The monoisotopic (exact) mass is 320 g/mol. The Labute approximate surface area is 123 Å². The van der Waals surface area contributed by atoms with Crippen LogP contribution in [0.15, 0.2) is 0 Å². The molecule has 0 aromatic carbocycles. The molecule has 1 atom stereocenters. The van der Waals surface area contributed by atoms with Crippen molar-refractivity contribution in [2.75, 3.05) is 11.5 Å². The third-order valence-electron chi connectivity index (χ3n) is 3.17. The lowest BCUT2D eigenvalue weighted by molar-refractivity contribution is -0.140. The Balaban J connectivity index is 2.56. The predicted molar refractivity (Wildman–Crippen MR) is 74.3 cm³/mol. The minimum atomic E-state index is -3.92. The number of sulfone groups is 1. The Kier molecular flexibility index (Phi) is 6.13. The summed E-state index contributed by atoms with van der Waals surface area (Å²) >= 11 is 0. The SMILES string of the molecule is CC(=O)N[C@@H](CS(=O)(=O)CC(=O)NC1CCCC1)C(=O)O. The summed E-state index contributed by atoms with van der Waals surface area (Å²) in [6, 6.07) is -1.55. The van der Waals surface area contributed by atoms with Crippen molar-refractivity contribution in [3.8, 4) is 0 Å². The lowest BCUT2D eigenvalue weighted by Crippen LogP contribution is -2.46. The number of carbonyl (C=O) groups excluding carboxylic acids is 2. The zero-order valence-corrected chi connectivity index (χ0v) is 12.6. The van der Waals surface area contributed by atoms with Gasteiger partial charge >= 0.3 is 5.97 Å². The van der Waals surface area contributed by atoms with Gasteiger partial charge in [-0.05, 0) is 12.8 Å². The number of amides is 2. The number of hydrogen-bond donors (Lipinski definition) is 3. The van der Waals surface area contributed by atoms with E-state index in [9.17, 15) is 22.8 Å². The molecule has 0 aromatic heterocycles. The molecule has 0 saturated heterocycles. The van der Waals surface area contributed by atoms with Gasteiger partial charge in [0.1, 0.15) is 11.8 Å².